The van der Waals surface area contributed by atoms with Gasteiger partial charge in [-0.05, 0) is 26.0 Å². The number of ketones is 1. The second-order valence-electron chi connectivity index (χ2n) is 3.53. The first kappa shape index (κ1) is 12.1. The smallest absolute Gasteiger partial charge is 0.271 e. The average Bonchev–Trinajstić information content (AvgIpc) is 2.26. The lowest BCUT2D eigenvalue weighted by Gasteiger charge is -2.00. The van der Waals surface area contributed by atoms with Crippen molar-refractivity contribution in [3.05, 3.63) is 35.9 Å². The number of hydrazone groups is 1. The summed E-state index contributed by atoms with van der Waals surface area (Å²) in [4.78, 5) is 22.3. The van der Waals surface area contributed by atoms with Crippen LogP contribution in [0.4, 0.5) is 0 Å². The summed E-state index contributed by atoms with van der Waals surface area (Å²) in [6.45, 7) is 3.19. The molecule has 1 aromatic rings. The molecular formula is C12H14N2O2. The summed E-state index contributed by atoms with van der Waals surface area (Å²) >= 11 is 0. The lowest BCUT2D eigenvalue weighted by Crippen LogP contribution is -2.19. The summed E-state index contributed by atoms with van der Waals surface area (Å²) in [5, 5.41) is 3.84. The SMILES string of the molecule is CC(=O)C/C(C)=N/NC(=O)c1ccccc1. The van der Waals surface area contributed by atoms with E-state index in [1.165, 1.54) is 6.92 Å². The highest BCUT2D eigenvalue weighted by molar-refractivity contribution is 6.01. The standard InChI is InChI=1S/C12H14N2O2/c1-9(8-10(2)15)13-14-12(16)11-6-4-3-5-7-11/h3-7H,8H2,1-2H3,(H,14,16)/b13-9+. The van der Waals surface area contributed by atoms with Crippen molar-refractivity contribution in [2.45, 2.75) is 20.3 Å². The Balaban J connectivity index is 2.56. The predicted octanol–water partition coefficient (Wildman–Crippen LogP) is 1.77. The summed E-state index contributed by atoms with van der Waals surface area (Å²) in [5.74, 6) is -0.251. The van der Waals surface area contributed by atoms with Crippen molar-refractivity contribution in [2.75, 3.05) is 0 Å². The molecule has 0 bridgehead atoms. The van der Waals surface area contributed by atoms with Crippen LogP contribution in [0.5, 0.6) is 0 Å². The van der Waals surface area contributed by atoms with Gasteiger partial charge in [0.2, 0.25) is 0 Å². The highest BCUT2D eigenvalue weighted by Crippen LogP contribution is 1.97. The number of carbonyl (C=O) groups excluding carboxylic acids is 2. The number of hydrogen-bond acceptors (Lipinski definition) is 3. The van der Waals surface area contributed by atoms with Gasteiger partial charge in [0.15, 0.2) is 0 Å². The molecule has 84 valence electrons. The van der Waals surface area contributed by atoms with Gasteiger partial charge in [0.25, 0.3) is 5.91 Å². The van der Waals surface area contributed by atoms with Crippen LogP contribution in [0.1, 0.15) is 30.6 Å². The van der Waals surface area contributed by atoms with Crippen LogP contribution in [0.15, 0.2) is 35.4 Å². The minimum atomic E-state index is -0.275. The molecule has 1 rings (SSSR count). The molecule has 0 aliphatic rings. The van der Waals surface area contributed by atoms with Gasteiger partial charge in [-0.25, -0.2) is 5.43 Å². The van der Waals surface area contributed by atoms with Gasteiger partial charge in [0.1, 0.15) is 5.78 Å². The Morgan fingerprint density at radius 3 is 2.38 bits per heavy atom. The third-order valence-corrected chi connectivity index (χ3v) is 1.89. The van der Waals surface area contributed by atoms with Gasteiger partial charge in [-0.1, -0.05) is 18.2 Å². The summed E-state index contributed by atoms with van der Waals surface area (Å²) in [5.41, 5.74) is 3.54. The summed E-state index contributed by atoms with van der Waals surface area (Å²) < 4.78 is 0. The lowest BCUT2D eigenvalue weighted by molar-refractivity contribution is -0.115. The zero-order valence-corrected chi connectivity index (χ0v) is 9.36. The molecule has 1 aromatic carbocycles. The van der Waals surface area contributed by atoms with Crippen LogP contribution in [0, 0.1) is 0 Å². The number of rotatable bonds is 4. The third kappa shape index (κ3) is 4.04. The normalized spacial score (nSPS) is 11.0. The van der Waals surface area contributed by atoms with E-state index in [1.807, 2.05) is 6.07 Å². The minimum Gasteiger partial charge on any atom is -0.300 e. The molecular weight excluding hydrogens is 204 g/mol. The minimum absolute atomic E-state index is 0.0233. The molecule has 0 saturated heterocycles. The molecule has 4 heteroatoms. The summed E-state index contributed by atoms with van der Waals surface area (Å²) in [6.07, 6.45) is 0.259. The molecule has 4 nitrogen and oxygen atoms in total. The maximum Gasteiger partial charge on any atom is 0.271 e. The maximum absolute atomic E-state index is 11.5. The van der Waals surface area contributed by atoms with E-state index in [9.17, 15) is 9.59 Å². The molecule has 0 aliphatic carbocycles. The van der Waals surface area contributed by atoms with Crippen molar-refractivity contribution in [1.29, 1.82) is 0 Å². The predicted molar refractivity (Wildman–Crippen MR) is 62.3 cm³/mol. The number of amides is 1. The van der Waals surface area contributed by atoms with Crippen molar-refractivity contribution < 1.29 is 9.59 Å². The Labute approximate surface area is 94.4 Å². The van der Waals surface area contributed by atoms with Gasteiger partial charge in [-0.3, -0.25) is 9.59 Å². The monoisotopic (exact) mass is 218 g/mol. The fourth-order valence-electron chi connectivity index (χ4n) is 1.20. The van der Waals surface area contributed by atoms with Crippen LogP contribution < -0.4 is 5.43 Å². The van der Waals surface area contributed by atoms with E-state index >= 15 is 0 Å². The number of nitrogens with zero attached hydrogens (tertiary/aromatic N) is 1. The quantitative estimate of drug-likeness (QED) is 0.618. The molecule has 0 radical (unpaired) electrons. The van der Waals surface area contributed by atoms with Crippen LogP contribution in [-0.4, -0.2) is 17.4 Å². The number of benzene rings is 1. The van der Waals surface area contributed by atoms with Crippen LogP contribution in [-0.2, 0) is 4.79 Å². The van der Waals surface area contributed by atoms with Crippen LogP contribution in [0.3, 0.4) is 0 Å². The van der Waals surface area contributed by atoms with Crippen LogP contribution >= 0.6 is 0 Å². The fraction of sp³-hybridized carbons (Fsp3) is 0.250. The molecule has 0 aromatic heterocycles. The summed E-state index contributed by atoms with van der Waals surface area (Å²) in [7, 11) is 0. The average molecular weight is 218 g/mol. The number of carbonyl (C=O) groups is 2. The number of Topliss-reactive ketones (excluding diaryl/α,β-unsaturated/α-hetero) is 1. The zero-order valence-electron chi connectivity index (χ0n) is 9.36. The van der Waals surface area contributed by atoms with E-state index in [0.29, 0.717) is 11.3 Å². The van der Waals surface area contributed by atoms with Gasteiger partial charge in [-0.2, -0.15) is 5.10 Å². The van der Waals surface area contributed by atoms with Crippen molar-refractivity contribution in [3.63, 3.8) is 0 Å². The largest absolute Gasteiger partial charge is 0.300 e. The highest BCUT2D eigenvalue weighted by atomic mass is 16.2. The molecule has 16 heavy (non-hydrogen) atoms. The zero-order chi connectivity index (χ0) is 12.0. The Bertz CT molecular complexity index is 410. The van der Waals surface area contributed by atoms with Crippen molar-refractivity contribution in [2.24, 2.45) is 5.10 Å². The molecule has 0 unspecified atom stereocenters. The van der Waals surface area contributed by atoms with E-state index in [2.05, 4.69) is 10.5 Å². The summed E-state index contributed by atoms with van der Waals surface area (Å²) in [6, 6.07) is 8.79. The Kier molecular flexibility index (Phi) is 4.39. The van der Waals surface area contributed by atoms with E-state index in [0.717, 1.165) is 0 Å². The molecule has 0 fully saturated rings. The Morgan fingerprint density at radius 1 is 1.19 bits per heavy atom. The maximum atomic E-state index is 11.5. The van der Waals surface area contributed by atoms with Gasteiger partial charge >= 0.3 is 0 Å². The molecule has 1 N–H and O–H groups in total. The van der Waals surface area contributed by atoms with Crippen molar-refractivity contribution >= 4 is 17.4 Å². The first-order valence-electron chi connectivity index (χ1n) is 4.97. The Hall–Kier alpha value is -1.97. The van der Waals surface area contributed by atoms with E-state index in [4.69, 9.17) is 0 Å². The van der Waals surface area contributed by atoms with Crippen LogP contribution in [0.25, 0.3) is 0 Å². The molecule has 1 amide bonds. The highest BCUT2D eigenvalue weighted by Gasteiger charge is 2.03. The first-order chi connectivity index (χ1) is 7.59. The molecule has 0 spiro atoms. The van der Waals surface area contributed by atoms with Gasteiger partial charge in [0.05, 0.1) is 0 Å². The van der Waals surface area contributed by atoms with E-state index < -0.39 is 0 Å². The van der Waals surface area contributed by atoms with E-state index in [1.54, 1.807) is 31.2 Å². The van der Waals surface area contributed by atoms with Crippen molar-refractivity contribution in [3.8, 4) is 0 Å². The Morgan fingerprint density at radius 2 is 1.81 bits per heavy atom. The number of nitrogens with one attached hydrogen (secondary N) is 1. The fourth-order valence-corrected chi connectivity index (χ4v) is 1.20. The second-order valence-corrected chi connectivity index (χ2v) is 3.53. The molecule has 0 saturated carbocycles. The number of hydrogen-bond donors (Lipinski definition) is 1. The molecule has 0 heterocycles. The third-order valence-electron chi connectivity index (χ3n) is 1.89. The van der Waals surface area contributed by atoms with Gasteiger partial charge in [0, 0.05) is 17.7 Å². The van der Waals surface area contributed by atoms with Gasteiger partial charge < -0.3 is 0 Å². The lowest BCUT2D eigenvalue weighted by atomic mass is 10.2. The topological polar surface area (TPSA) is 58.5 Å². The molecule has 0 aliphatic heterocycles. The van der Waals surface area contributed by atoms with Gasteiger partial charge in [-0.15, -0.1) is 0 Å². The van der Waals surface area contributed by atoms with Crippen LogP contribution in [0.2, 0.25) is 0 Å². The second kappa shape index (κ2) is 5.80. The van der Waals surface area contributed by atoms with E-state index in [-0.39, 0.29) is 18.1 Å². The van der Waals surface area contributed by atoms with Crippen molar-refractivity contribution in [1.82, 2.24) is 5.43 Å². The molecule has 0 atom stereocenters. The first-order valence-corrected chi connectivity index (χ1v) is 4.97.